The van der Waals surface area contributed by atoms with Gasteiger partial charge in [-0.2, -0.15) is 0 Å². The molecule has 6 nitrogen and oxygen atoms in total. The van der Waals surface area contributed by atoms with E-state index >= 15 is 0 Å². The van der Waals surface area contributed by atoms with Crippen molar-refractivity contribution in [2.45, 2.75) is 46.0 Å². The number of carbonyl (C=O) groups is 1. The van der Waals surface area contributed by atoms with Crippen molar-refractivity contribution >= 4 is 16.9 Å². The third-order valence-corrected chi connectivity index (χ3v) is 5.22. The Balaban J connectivity index is 1.51. The van der Waals surface area contributed by atoms with Crippen LogP contribution in [0.3, 0.4) is 0 Å². The van der Waals surface area contributed by atoms with Crippen LogP contribution in [0.4, 0.5) is 0 Å². The van der Waals surface area contributed by atoms with E-state index in [9.17, 15) is 4.79 Å². The molecular weight excluding hydrogens is 340 g/mol. The fourth-order valence-electron chi connectivity index (χ4n) is 3.86. The first-order chi connectivity index (χ1) is 13.0. The second-order valence-corrected chi connectivity index (χ2v) is 7.96. The maximum atomic E-state index is 12.9. The lowest BCUT2D eigenvalue weighted by Crippen LogP contribution is -2.39. The molecular formula is C21H26N4O2. The number of H-pyrrole nitrogens is 1. The van der Waals surface area contributed by atoms with E-state index in [1.807, 2.05) is 11.0 Å². The van der Waals surface area contributed by atoms with Gasteiger partial charge in [0.15, 0.2) is 0 Å². The summed E-state index contributed by atoms with van der Waals surface area (Å²) < 4.78 is 5.32. The van der Waals surface area contributed by atoms with E-state index in [0.29, 0.717) is 18.2 Å². The minimum atomic E-state index is -0.0745. The minimum absolute atomic E-state index is 0.0745. The average molecular weight is 366 g/mol. The van der Waals surface area contributed by atoms with Gasteiger partial charge < -0.3 is 14.4 Å². The maximum absolute atomic E-state index is 12.9. The molecule has 6 heteroatoms. The molecule has 1 aromatic carbocycles. The summed E-state index contributed by atoms with van der Waals surface area (Å²) in [6.45, 7) is 7.72. The number of benzene rings is 1. The van der Waals surface area contributed by atoms with Crippen molar-refractivity contribution in [3.63, 3.8) is 0 Å². The van der Waals surface area contributed by atoms with Gasteiger partial charge in [0.1, 0.15) is 5.82 Å². The zero-order valence-corrected chi connectivity index (χ0v) is 16.2. The van der Waals surface area contributed by atoms with E-state index in [-0.39, 0.29) is 11.8 Å². The Labute approximate surface area is 158 Å². The number of nitrogens with zero attached hydrogens (tertiary/aromatic N) is 3. The van der Waals surface area contributed by atoms with Crippen LogP contribution in [0.2, 0.25) is 0 Å². The molecule has 0 saturated carbocycles. The summed E-state index contributed by atoms with van der Waals surface area (Å²) in [5.41, 5.74) is 4.08. The molecule has 1 atom stereocenters. The number of amides is 1. The molecule has 0 aliphatic carbocycles. The number of aromatic amines is 1. The van der Waals surface area contributed by atoms with Gasteiger partial charge in [0.05, 0.1) is 16.7 Å². The third-order valence-electron chi connectivity index (χ3n) is 5.22. The van der Waals surface area contributed by atoms with Crippen molar-refractivity contribution in [3.8, 4) is 0 Å². The molecule has 1 aliphatic heterocycles. The molecule has 0 unspecified atom stereocenters. The lowest BCUT2D eigenvalue weighted by Gasteiger charge is -2.31. The Hall–Kier alpha value is -2.63. The number of hydrogen-bond donors (Lipinski definition) is 1. The standard InChI is InChI=1S/C21H26N4O2/c1-13(2)10-16-11-18(27-24-16)21(26)25-9-5-7-15(12-25)20-22-17-8-4-6-14(3)19(17)23-20/h4,6,8,11,13,15H,5,7,9-10,12H2,1-3H3,(H,22,23)/t15-/m0/s1. The maximum Gasteiger partial charge on any atom is 0.292 e. The van der Waals surface area contributed by atoms with Gasteiger partial charge >= 0.3 is 0 Å². The SMILES string of the molecule is Cc1cccc2[nH]c([C@H]3CCCN(C(=O)c4cc(CC(C)C)no4)C3)nc12. The Morgan fingerprint density at radius 1 is 1.41 bits per heavy atom. The predicted octanol–water partition coefficient (Wildman–Crippen LogP) is 4.08. The first-order valence-corrected chi connectivity index (χ1v) is 9.71. The van der Waals surface area contributed by atoms with Crippen molar-refractivity contribution < 1.29 is 9.32 Å². The highest BCUT2D eigenvalue weighted by Crippen LogP contribution is 2.28. The average Bonchev–Trinajstić information content (AvgIpc) is 3.28. The summed E-state index contributed by atoms with van der Waals surface area (Å²) in [6.07, 6.45) is 2.80. The number of likely N-dealkylation sites (tertiary alicyclic amines) is 1. The van der Waals surface area contributed by atoms with E-state index in [4.69, 9.17) is 9.51 Å². The van der Waals surface area contributed by atoms with Gasteiger partial charge in [-0.05, 0) is 43.7 Å². The van der Waals surface area contributed by atoms with E-state index in [2.05, 4.69) is 43.0 Å². The highest BCUT2D eigenvalue weighted by molar-refractivity contribution is 5.91. The van der Waals surface area contributed by atoms with Crippen LogP contribution >= 0.6 is 0 Å². The van der Waals surface area contributed by atoms with Gasteiger partial charge in [-0.1, -0.05) is 31.1 Å². The zero-order valence-electron chi connectivity index (χ0n) is 16.2. The smallest absolute Gasteiger partial charge is 0.292 e. The Morgan fingerprint density at radius 3 is 3.04 bits per heavy atom. The normalized spacial score (nSPS) is 17.8. The van der Waals surface area contributed by atoms with E-state index in [1.165, 1.54) is 0 Å². The third kappa shape index (κ3) is 3.61. The molecule has 1 N–H and O–H groups in total. The summed E-state index contributed by atoms with van der Waals surface area (Å²) >= 11 is 0. The number of para-hydroxylation sites is 1. The highest BCUT2D eigenvalue weighted by Gasteiger charge is 2.29. The predicted molar refractivity (Wildman–Crippen MR) is 104 cm³/mol. The lowest BCUT2D eigenvalue weighted by molar-refractivity contribution is 0.0663. The van der Waals surface area contributed by atoms with Crippen molar-refractivity contribution in [1.82, 2.24) is 20.0 Å². The second-order valence-electron chi connectivity index (χ2n) is 7.96. The summed E-state index contributed by atoms with van der Waals surface area (Å²) in [6, 6.07) is 7.95. The Kier molecular flexibility index (Phi) is 4.72. The van der Waals surface area contributed by atoms with Crippen LogP contribution in [0.5, 0.6) is 0 Å². The summed E-state index contributed by atoms with van der Waals surface area (Å²) in [7, 11) is 0. The molecule has 0 spiro atoms. The number of rotatable bonds is 4. The van der Waals surface area contributed by atoms with Crippen molar-refractivity contribution in [2.75, 3.05) is 13.1 Å². The fourth-order valence-corrected chi connectivity index (χ4v) is 3.86. The first-order valence-electron chi connectivity index (χ1n) is 9.71. The molecule has 27 heavy (non-hydrogen) atoms. The van der Waals surface area contributed by atoms with Gasteiger partial charge in [-0.3, -0.25) is 4.79 Å². The lowest BCUT2D eigenvalue weighted by atomic mass is 9.97. The van der Waals surface area contributed by atoms with Crippen molar-refractivity contribution in [1.29, 1.82) is 0 Å². The number of hydrogen-bond acceptors (Lipinski definition) is 4. The van der Waals surface area contributed by atoms with Gasteiger partial charge in [0.2, 0.25) is 5.76 Å². The van der Waals surface area contributed by atoms with Crippen LogP contribution in [-0.2, 0) is 6.42 Å². The van der Waals surface area contributed by atoms with Gasteiger partial charge in [-0.15, -0.1) is 0 Å². The van der Waals surface area contributed by atoms with Gasteiger partial charge in [-0.25, -0.2) is 4.98 Å². The van der Waals surface area contributed by atoms with E-state index in [0.717, 1.165) is 53.9 Å². The van der Waals surface area contributed by atoms with Gasteiger partial charge in [0, 0.05) is 25.1 Å². The molecule has 1 fully saturated rings. The molecule has 4 rings (SSSR count). The number of piperidine rings is 1. The van der Waals surface area contributed by atoms with Crippen LogP contribution in [-0.4, -0.2) is 39.0 Å². The molecule has 3 heterocycles. The van der Waals surface area contributed by atoms with Crippen LogP contribution in [0.25, 0.3) is 11.0 Å². The quantitative estimate of drug-likeness (QED) is 0.755. The Morgan fingerprint density at radius 2 is 2.26 bits per heavy atom. The Bertz CT molecular complexity index is 956. The zero-order chi connectivity index (χ0) is 19.0. The number of imidazole rings is 1. The van der Waals surface area contributed by atoms with Crippen LogP contribution in [0.1, 0.15) is 60.2 Å². The largest absolute Gasteiger partial charge is 0.351 e. The summed E-state index contributed by atoms with van der Waals surface area (Å²) in [5.74, 6) is 1.93. The monoisotopic (exact) mass is 366 g/mol. The molecule has 1 saturated heterocycles. The van der Waals surface area contributed by atoms with Crippen LogP contribution in [0.15, 0.2) is 28.8 Å². The van der Waals surface area contributed by atoms with E-state index in [1.54, 1.807) is 6.07 Å². The molecule has 3 aromatic rings. The molecule has 1 aliphatic rings. The number of aromatic nitrogens is 3. The minimum Gasteiger partial charge on any atom is -0.351 e. The highest BCUT2D eigenvalue weighted by atomic mass is 16.5. The topological polar surface area (TPSA) is 75.0 Å². The summed E-state index contributed by atoms with van der Waals surface area (Å²) in [4.78, 5) is 23.0. The van der Waals surface area contributed by atoms with Gasteiger partial charge in [0.25, 0.3) is 5.91 Å². The first kappa shape index (κ1) is 17.8. The number of carbonyl (C=O) groups excluding carboxylic acids is 1. The number of nitrogens with one attached hydrogen (secondary N) is 1. The number of fused-ring (bicyclic) bond motifs is 1. The van der Waals surface area contributed by atoms with Crippen LogP contribution in [0, 0.1) is 12.8 Å². The molecule has 0 bridgehead atoms. The van der Waals surface area contributed by atoms with E-state index < -0.39 is 0 Å². The van der Waals surface area contributed by atoms with Crippen LogP contribution < -0.4 is 0 Å². The second kappa shape index (κ2) is 7.18. The molecule has 0 radical (unpaired) electrons. The summed E-state index contributed by atoms with van der Waals surface area (Å²) in [5, 5.41) is 4.05. The molecule has 142 valence electrons. The number of aryl methyl sites for hydroxylation is 1. The molecule has 1 amide bonds. The van der Waals surface area contributed by atoms with Crippen molar-refractivity contribution in [2.24, 2.45) is 5.92 Å². The van der Waals surface area contributed by atoms with Crippen molar-refractivity contribution in [3.05, 3.63) is 47.1 Å². The fraction of sp³-hybridized carbons (Fsp3) is 0.476. The molecule has 2 aromatic heterocycles.